The molecule has 0 aliphatic carbocycles. The van der Waals surface area contributed by atoms with Gasteiger partial charge in [-0.3, -0.25) is 9.67 Å². The molecule has 0 aromatic carbocycles. The van der Waals surface area contributed by atoms with Crippen molar-refractivity contribution in [3.05, 3.63) is 17.5 Å². The third-order valence-corrected chi connectivity index (χ3v) is 4.55. The minimum atomic E-state index is -2.93. The molecule has 0 saturated heterocycles. The first-order chi connectivity index (χ1) is 11.1. The number of aliphatic imine (C=N–C) groups is 1. The zero-order valence-corrected chi connectivity index (χ0v) is 19.3. The standard InChI is InChI=1S/C16H31N5O2S.HI/c1-7-17-16(18-9-8-10-24(6,22)23)20(4)11-14-12-21(5)19-15(14)13(2)3;/h12-13H,7-11H2,1-6H3,(H,17,18);1H. The molecule has 7 nitrogen and oxygen atoms in total. The summed E-state index contributed by atoms with van der Waals surface area (Å²) in [5, 5.41) is 7.79. The smallest absolute Gasteiger partial charge is 0.193 e. The van der Waals surface area contributed by atoms with Crippen LogP contribution < -0.4 is 5.32 Å². The Morgan fingerprint density at radius 2 is 2.08 bits per heavy atom. The molecule has 1 rings (SSSR count). The quantitative estimate of drug-likeness (QED) is 0.264. The van der Waals surface area contributed by atoms with Gasteiger partial charge < -0.3 is 10.2 Å². The molecule has 9 heteroatoms. The number of rotatable bonds is 8. The lowest BCUT2D eigenvalue weighted by atomic mass is 10.1. The predicted molar refractivity (Wildman–Crippen MR) is 114 cm³/mol. The van der Waals surface area contributed by atoms with Gasteiger partial charge in [0.1, 0.15) is 9.84 Å². The second kappa shape index (κ2) is 11.0. The van der Waals surface area contributed by atoms with E-state index in [0.717, 1.165) is 18.2 Å². The minimum absolute atomic E-state index is 0. The largest absolute Gasteiger partial charge is 0.357 e. The maximum atomic E-state index is 11.2. The van der Waals surface area contributed by atoms with Crippen LogP contribution in [0, 0.1) is 0 Å². The SMILES string of the molecule is CCNC(=NCCCS(C)(=O)=O)N(C)Cc1cn(C)nc1C(C)C.I. The molecule has 1 aromatic heterocycles. The number of hydrogen-bond donors (Lipinski definition) is 1. The van der Waals surface area contributed by atoms with Crippen molar-refractivity contribution in [3.8, 4) is 0 Å². The van der Waals surface area contributed by atoms with Gasteiger partial charge in [0, 0.05) is 51.7 Å². The maximum absolute atomic E-state index is 11.2. The average molecular weight is 485 g/mol. The van der Waals surface area contributed by atoms with E-state index in [1.165, 1.54) is 11.8 Å². The lowest BCUT2D eigenvalue weighted by molar-refractivity contribution is 0.473. The fourth-order valence-electron chi connectivity index (χ4n) is 2.47. The number of sulfone groups is 1. The number of nitrogens with one attached hydrogen (secondary N) is 1. The number of halogens is 1. The van der Waals surface area contributed by atoms with Crippen molar-refractivity contribution in [2.75, 3.05) is 32.1 Å². The van der Waals surface area contributed by atoms with Gasteiger partial charge in [-0.1, -0.05) is 13.8 Å². The summed E-state index contributed by atoms with van der Waals surface area (Å²) in [5.41, 5.74) is 2.27. The topological polar surface area (TPSA) is 79.6 Å². The van der Waals surface area contributed by atoms with E-state index in [1.54, 1.807) is 0 Å². The Bertz CT molecular complexity index is 655. The highest BCUT2D eigenvalue weighted by Gasteiger charge is 2.15. The van der Waals surface area contributed by atoms with Crippen molar-refractivity contribution in [1.82, 2.24) is 20.0 Å². The van der Waals surface area contributed by atoms with Crippen LogP contribution in [0.1, 0.15) is 44.4 Å². The van der Waals surface area contributed by atoms with Crippen LogP contribution in [0.15, 0.2) is 11.2 Å². The van der Waals surface area contributed by atoms with Gasteiger partial charge in [0.05, 0.1) is 11.4 Å². The van der Waals surface area contributed by atoms with Crippen LogP contribution >= 0.6 is 24.0 Å². The van der Waals surface area contributed by atoms with E-state index in [4.69, 9.17) is 0 Å². The van der Waals surface area contributed by atoms with Gasteiger partial charge >= 0.3 is 0 Å². The van der Waals surface area contributed by atoms with Gasteiger partial charge in [-0.25, -0.2) is 8.42 Å². The van der Waals surface area contributed by atoms with Crippen molar-refractivity contribution < 1.29 is 8.42 Å². The molecule has 0 unspecified atom stereocenters. The number of aryl methyl sites for hydroxylation is 1. The van der Waals surface area contributed by atoms with Gasteiger partial charge in [-0.05, 0) is 19.3 Å². The molecule has 146 valence electrons. The van der Waals surface area contributed by atoms with E-state index >= 15 is 0 Å². The molecule has 0 atom stereocenters. The summed E-state index contributed by atoms with van der Waals surface area (Å²) in [6.07, 6.45) is 3.83. The highest BCUT2D eigenvalue weighted by atomic mass is 127. The molecule has 0 saturated carbocycles. The number of nitrogens with zero attached hydrogens (tertiary/aromatic N) is 4. The molecule has 0 amide bonds. The van der Waals surface area contributed by atoms with E-state index in [0.29, 0.717) is 25.4 Å². The summed E-state index contributed by atoms with van der Waals surface area (Å²) in [6.45, 7) is 8.25. The summed E-state index contributed by atoms with van der Waals surface area (Å²) in [6, 6.07) is 0. The summed E-state index contributed by atoms with van der Waals surface area (Å²) < 4.78 is 24.2. The van der Waals surface area contributed by atoms with Crippen molar-refractivity contribution in [3.63, 3.8) is 0 Å². The van der Waals surface area contributed by atoms with E-state index in [1.807, 2.05) is 36.8 Å². The Balaban J connectivity index is 0.00000576. The zero-order chi connectivity index (χ0) is 18.3. The highest BCUT2D eigenvalue weighted by molar-refractivity contribution is 14.0. The van der Waals surface area contributed by atoms with Crippen LogP contribution in [-0.4, -0.2) is 61.2 Å². The first kappa shape index (κ1) is 24.2. The van der Waals surface area contributed by atoms with Gasteiger partial charge in [-0.2, -0.15) is 5.10 Å². The van der Waals surface area contributed by atoms with Crippen LogP contribution in [-0.2, 0) is 23.4 Å². The Morgan fingerprint density at radius 1 is 1.44 bits per heavy atom. The summed E-state index contributed by atoms with van der Waals surface area (Å²) in [4.78, 5) is 6.58. The summed E-state index contributed by atoms with van der Waals surface area (Å²) >= 11 is 0. The van der Waals surface area contributed by atoms with Crippen molar-refractivity contribution >= 4 is 39.8 Å². The second-order valence-electron chi connectivity index (χ2n) is 6.44. The lowest BCUT2D eigenvalue weighted by Crippen LogP contribution is -2.38. The van der Waals surface area contributed by atoms with Crippen LogP contribution in [0.4, 0.5) is 0 Å². The van der Waals surface area contributed by atoms with Crippen LogP contribution in [0.2, 0.25) is 0 Å². The molecule has 1 heterocycles. The molecule has 25 heavy (non-hydrogen) atoms. The van der Waals surface area contributed by atoms with Crippen molar-refractivity contribution in [1.29, 1.82) is 0 Å². The fraction of sp³-hybridized carbons (Fsp3) is 0.750. The Kier molecular flexibility index (Phi) is 10.6. The first-order valence-corrected chi connectivity index (χ1v) is 10.4. The molecule has 0 fully saturated rings. The van der Waals surface area contributed by atoms with Gasteiger partial charge in [-0.15, -0.1) is 24.0 Å². The third-order valence-electron chi connectivity index (χ3n) is 3.52. The van der Waals surface area contributed by atoms with Crippen LogP contribution in [0.25, 0.3) is 0 Å². The normalized spacial score (nSPS) is 12.2. The first-order valence-electron chi connectivity index (χ1n) is 8.33. The van der Waals surface area contributed by atoms with Gasteiger partial charge in [0.15, 0.2) is 5.96 Å². The molecule has 1 N–H and O–H groups in total. The molecule has 0 bridgehead atoms. The monoisotopic (exact) mass is 485 g/mol. The van der Waals surface area contributed by atoms with Crippen molar-refractivity contribution in [2.45, 2.75) is 39.7 Å². The summed E-state index contributed by atoms with van der Waals surface area (Å²) in [5.74, 6) is 1.31. The number of guanidine groups is 1. The Morgan fingerprint density at radius 3 is 2.60 bits per heavy atom. The van der Waals surface area contributed by atoms with E-state index in [9.17, 15) is 8.42 Å². The molecular weight excluding hydrogens is 453 g/mol. The van der Waals surface area contributed by atoms with Crippen LogP contribution in [0.3, 0.4) is 0 Å². The van der Waals surface area contributed by atoms with E-state index in [-0.39, 0.29) is 29.7 Å². The van der Waals surface area contributed by atoms with Crippen molar-refractivity contribution in [2.24, 2.45) is 12.0 Å². The molecule has 0 radical (unpaired) electrons. The Labute approximate surface area is 169 Å². The average Bonchev–Trinajstić information content (AvgIpc) is 2.82. The lowest BCUT2D eigenvalue weighted by Gasteiger charge is -2.22. The predicted octanol–water partition coefficient (Wildman–Crippen LogP) is 1.99. The van der Waals surface area contributed by atoms with Gasteiger partial charge in [0.2, 0.25) is 0 Å². The minimum Gasteiger partial charge on any atom is -0.357 e. The number of hydrogen-bond acceptors (Lipinski definition) is 4. The highest BCUT2D eigenvalue weighted by Crippen LogP contribution is 2.18. The molecule has 0 aliphatic heterocycles. The van der Waals surface area contributed by atoms with E-state index < -0.39 is 9.84 Å². The molecular formula is C16H32IN5O2S. The maximum Gasteiger partial charge on any atom is 0.193 e. The molecule has 1 aromatic rings. The number of aromatic nitrogens is 2. The third kappa shape index (κ3) is 8.89. The van der Waals surface area contributed by atoms with Gasteiger partial charge in [0.25, 0.3) is 0 Å². The van der Waals surface area contributed by atoms with Crippen LogP contribution in [0.5, 0.6) is 0 Å². The summed E-state index contributed by atoms with van der Waals surface area (Å²) in [7, 11) is 0.982. The fourth-order valence-corrected chi connectivity index (χ4v) is 3.13. The molecule has 0 spiro atoms. The molecule has 0 aliphatic rings. The Hall–Kier alpha value is -0.840. The zero-order valence-electron chi connectivity index (χ0n) is 16.1. The second-order valence-corrected chi connectivity index (χ2v) is 8.70. The van der Waals surface area contributed by atoms with E-state index in [2.05, 4.69) is 29.3 Å².